The SMILES string of the molecule is CC(C)COc1ccc2c(c1)C(O)CN(C(=O)OC(C)(C)C)C2. The van der Waals surface area contributed by atoms with Crippen LogP contribution in [-0.2, 0) is 11.3 Å². The summed E-state index contributed by atoms with van der Waals surface area (Å²) in [4.78, 5) is 13.7. The zero-order valence-corrected chi connectivity index (χ0v) is 14.6. The highest BCUT2D eigenvalue weighted by Crippen LogP contribution is 2.30. The molecule has 1 aliphatic heterocycles. The lowest BCUT2D eigenvalue weighted by atomic mass is 9.97. The van der Waals surface area contributed by atoms with E-state index in [4.69, 9.17) is 9.47 Å². The number of nitrogens with zero attached hydrogens (tertiary/aromatic N) is 1. The molecule has 23 heavy (non-hydrogen) atoms. The molecule has 1 amide bonds. The minimum absolute atomic E-state index is 0.232. The molecule has 1 aliphatic rings. The first-order chi connectivity index (χ1) is 10.7. The number of hydrogen-bond donors (Lipinski definition) is 1. The number of aliphatic hydroxyl groups is 1. The van der Waals surface area contributed by atoms with Crippen LogP contribution in [0.3, 0.4) is 0 Å². The van der Waals surface area contributed by atoms with Gasteiger partial charge in [-0.1, -0.05) is 19.9 Å². The predicted octanol–water partition coefficient (Wildman–Crippen LogP) is 3.51. The molecule has 1 aromatic rings. The third-order valence-corrected chi connectivity index (χ3v) is 3.47. The van der Waals surface area contributed by atoms with Crippen molar-refractivity contribution >= 4 is 6.09 Å². The molecule has 2 rings (SSSR count). The molecule has 1 atom stereocenters. The van der Waals surface area contributed by atoms with E-state index in [1.54, 1.807) is 0 Å². The van der Waals surface area contributed by atoms with Gasteiger partial charge in [0.2, 0.25) is 0 Å². The minimum Gasteiger partial charge on any atom is -0.493 e. The number of ether oxygens (including phenoxy) is 2. The highest BCUT2D eigenvalue weighted by Gasteiger charge is 2.30. The Morgan fingerprint density at radius 1 is 1.39 bits per heavy atom. The molecule has 5 heteroatoms. The molecule has 1 aromatic carbocycles. The van der Waals surface area contributed by atoms with E-state index < -0.39 is 17.8 Å². The fourth-order valence-electron chi connectivity index (χ4n) is 2.42. The Morgan fingerprint density at radius 2 is 2.09 bits per heavy atom. The molecule has 128 valence electrons. The van der Waals surface area contributed by atoms with Crippen LogP contribution >= 0.6 is 0 Å². The maximum atomic E-state index is 12.2. The average Bonchev–Trinajstić information content (AvgIpc) is 2.43. The highest BCUT2D eigenvalue weighted by molar-refractivity contribution is 5.69. The molecule has 0 spiro atoms. The van der Waals surface area contributed by atoms with Gasteiger partial charge in [0.05, 0.1) is 19.3 Å². The van der Waals surface area contributed by atoms with Gasteiger partial charge in [-0.2, -0.15) is 0 Å². The van der Waals surface area contributed by atoms with Gasteiger partial charge in [-0.05, 0) is 49.9 Å². The molecule has 0 aliphatic carbocycles. The third kappa shape index (κ3) is 4.86. The normalized spacial score (nSPS) is 17.9. The summed E-state index contributed by atoms with van der Waals surface area (Å²) in [5.41, 5.74) is 1.20. The van der Waals surface area contributed by atoms with Gasteiger partial charge in [-0.25, -0.2) is 4.79 Å². The second-order valence-corrected chi connectivity index (χ2v) is 7.44. The number of rotatable bonds is 3. The topological polar surface area (TPSA) is 59.0 Å². The number of carbonyl (C=O) groups excluding carboxylic acids is 1. The smallest absolute Gasteiger partial charge is 0.410 e. The summed E-state index contributed by atoms with van der Waals surface area (Å²) in [5, 5.41) is 10.4. The first kappa shape index (κ1) is 17.6. The third-order valence-electron chi connectivity index (χ3n) is 3.47. The molecule has 1 heterocycles. The Labute approximate surface area is 138 Å². The number of benzene rings is 1. The maximum Gasteiger partial charge on any atom is 0.410 e. The van der Waals surface area contributed by atoms with Gasteiger partial charge in [0.1, 0.15) is 11.4 Å². The lowest BCUT2D eigenvalue weighted by Gasteiger charge is -2.33. The van der Waals surface area contributed by atoms with Crippen LogP contribution in [0, 0.1) is 5.92 Å². The predicted molar refractivity (Wildman–Crippen MR) is 88.4 cm³/mol. The van der Waals surface area contributed by atoms with Crippen molar-refractivity contribution in [2.45, 2.75) is 52.9 Å². The van der Waals surface area contributed by atoms with Gasteiger partial charge in [0, 0.05) is 6.54 Å². The van der Waals surface area contributed by atoms with E-state index in [1.807, 2.05) is 39.0 Å². The minimum atomic E-state index is -0.728. The van der Waals surface area contributed by atoms with E-state index in [0.29, 0.717) is 19.1 Å². The van der Waals surface area contributed by atoms with Crippen molar-refractivity contribution < 1.29 is 19.4 Å². The lowest BCUT2D eigenvalue weighted by molar-refractivity contribution is 0.00824. The van der Waals surface area contributed by atoms with E-state index in [0.717, 1.165) is 16.9 Å². The molecule has 5 nitrogen and oxygen atoms in total. The Morgan fingerprint density at radius 3 is 2.70 bits per heavy atom. The van der Waals surface area contributed by atoms with Crippen molar-refractivity contribution in [1.82, 2.24) is 4.90 Å². The lowest BCUT2D eigenvalue weighted by Crippen LogP contribution is -2.41. The first-order valence-electron chi connectivity index (χ1n) is 8.07. The van der Waals surface area contributed by atoms with Crippen LogP contribution in [-0.4, -0.2) is 34.9 Å². The monoisotopic (exact) mass is 321 g/mol. The Kier molecular flexibility index (Phi) is 5.19. The summed E-state index contributed by atoms with van der Waals surface area (Å²) in [6.07, 6.45) is -1.13. The van der Waals surface area contributed by atoms with Crippen LogP contribution in [0.15, 0.2) is 18.2 Å². The summed E-state index contributed by atoms with van der Waals surface area (Å²) in [6.45, 7) is 11.0. The zero-order chi connectivity index (χ0) is 17.2. The van der Waals surface area contributed by atoms with Crippen molar-refractivity contribution in [3.05, 3.63) is 29.3 Å². The Bertz CT molecular complexity index is 563. The van der Waals surface area contributed by atoms with Crippen molar-refractivity contribution in [2.75, 3.05) is 13.2 Å². The van der Waals surface area contributed by atoms with E-state index in [2.05, 4.69) is 13.8 Å². The molecular formula is C18H27NO4. The standard InChI is InChI=1S/C18H27NO4/c1-12(2)11-22-14-7-6-13-9-19(10-16(20)15(13)8-14)17(21)23-18(3,4)5/h6-8,12,16,20H,9-11H2,1-5H3. The van der Waals surface area contributed by atoms with Gasteiger partial charge in [0.25, 0.3) is 0 Å². The molecule has 0 radical (unpaired) electrons. The molecule has 0 aromatic heterocycles. The molecule has 0 saturated carbocycles. The zero-order valence-electron chi connectivity index (χ0n) is 14.6. The highest BCUT2D eigenvalue weighted by atomic mass is 16.6. The molecule has 0 fully saturated rings. The van der Waals surface area contributed by atoms with E-state index in [-0.39, 0.29) is 6.54 Å². The van der Waals surface area contributed by atoms with E-state index >= 15 is 0 Å². The fourth-order valence-corrected chi connectivity index (χ4v) is 2.42. The summed E-state index contributed by atoms with van der Waals surface area (Å²) in [7, 11) is 0. The van der Waals surface area contributed by atoms with E-state index in [1.165, 1.54) is 4.90 Å². The number of fused-ring (bicyclic) bond motifs is 1. The summed E-state index contributed by atoms with van der Waals surface area (Å²) in [6, 6.07) is 5.66. The van der Waals surface area contributed by atoms with Gasteiger partial charge >= 0.3 is 6.09 Å². The molecule has 1 unspecified atom stereocenters. The molecular weight excluding hydrogens is 294 g/mol. The second kappa shape index (κ2) is 6.79. The summed E-state index contributed by atoms with van der Waals surface area (Å²) in [5.74, 6) is 1.20. The maximum absolute atomic E-state index is 12.2. The van der Waals surface area contributed by atoms with Crippen LogP contribution in [0.4, 0.5) is 4.79 Å². The van der Waals surface area contributed by atoms with Gasteiger partial charge in [0.15, 0.2) is 0 Å². The summed E-state index contributed by atoms with van der Waals surface area (Å²) < 4.78 is 11.1. The number of carbonyl (C=O) groups is 1. The summed E-state index contributed by atoms with van der Waals surface area (Å²) >= 11 is 0. The van der Waals surface area contributed by atoms with Crippen LogP contribution in [0.2, 0.25) is 0 Å². The van der Waals surface area contributed by atoms with Gasteiger partial charge in [-0.3, -0.25) is 0 Å². The number of aliphatic hydroxyl groups excluding tert-OH is 1. The van der Waals surface area contributed by atoms with Crippen LogP contribution in [0.1, 0.15) is 51.8 Å². The number of β-amino-alcohol motifs (C(OH)–C–C–N with tert-alkyl or cyclic N) is 1. The van der Waals surface area contributed by atoms with Crippen molar-refractivity contribution in [3.8, 4) is 5.75 Å². The first-order valence-corrected chi connectivity index (χ1v) is 8.07. The largest absolute Gasteiger partial charge is 0.493 e. The fraction of sp³-hybridized carbons (Fsp3) is 0.611. The molecule has 0 bridgehead atoms. The number of amides is 1. The van der Waals surface area contributed by atoms with Crippen LogP contribution in [0.5, 0.6) is 5.75 Å². The van der Waals surface area contributed by atoms with Gasteiger partial charge < -0.3 is 19.5 Å². The molecule has 0 saturated heterocycles. The molecule has 1 N–H and O–H groups in total. The quantitative estimate of drug-likeness (QED) is 0.925. The van der Waals surface area contributed by atoms with Crippen molar-refractivity contribution in [1.29, 1.82) is 0 Å². The van der Waals surface area contributed by atoms with Gasteiger partial charge in [-0.15, -0.1) is 0 Å². The van der Waals surface area contributed by atoms with Crippen molar-refractivity contribution in [3.63, 3.8) is 0 Å². The van der Waals surface area contributed by atoms with Crippen LogP contribution < -0.4 is 4.74 Å². The second-order valence-electron chi connectivity index (χ2n) is 7.44. The van der Waals surface area contributed by atoms with Crippen molar-refractivity contribution in [2.24, 2.45) is 5.92 Å². The number of hydrogen-bond acceptors (Lipinski definition) is 4. The Balaban J connectivity index is 2.10. The van der Waals surface area contributed by atoms with E-state index in [9.17, 15) is 9.90 Å². The van der Waals surface area contributed by atoms with Crippen LogP contribution in [0.25, 0.3) is 0 Å². The average molecular weight is 321 g/mol. The Hall–Kier alpha value is -1.75.